The SMILES string of the molecule is Cc1nc(CC(=O)C2(C)CCCCC2)sc1C. The number of aryl methyl sites for hydroxylation is 2. The molecule has 0 amide bonds. The van der Waals surface area contributed by atoms with Crippen LogP contribution in [0.1, 0.15) is 54.6 Å². The molecule has 1 heterocycles. The highest BCUT2D eigenvalue weighted by Crippen LogP contribution is 2.37. The van der Waals surface area contributed by atoms with Gasteiger partial charge in [0.15, 0.2) is 0 Å². The van der Waals surface area contributed by atoms with Crippen molar-refractivity contribution in [1.82, 2.24) is 4.98 Å². The predicted molar refractivity (Wildman–Crippen MR) is 71.5 cm³/mol. The van der Waals surface area contributed by atoms with Gasteiger partial charge < -0.3 is 0 Å². The molecule has 2 rings (SSSR count). The molecule has 17 heavy (non-hydrogen) atoms. The molecule has 0 bridgehead atoms. The van der Waals surface area contributed by atoms with Gasteiger partial charge in [-0.1, -0.05) is 26.2 Å². The van der Waals surface area contributed by atoms with E-state index in [4.69, 9.17) is 0 Å². The van der Waals surface area contributed by atoms with Crippen LogP contribution in [0, 0.1) is 19.3 Å². The van der Waals surface area contributed by atoms with Crippen LogP contribution in [0.3, 0.4) is 0 Å². The van der Waals surface area contributed by atoms with Gasteiger partial charge in [-0.15, -0.1) is 11.3 Å². The molecule has 0 aromatic carbocycles. The Hall–Kier alpha value is -0.700. The summed E-state index contributed by atoms with van der Waals surface area (Å²) in [7, 11) is 0. The van der Waals surface area contributed by atoms with E-state index < -0.39 is 0 Å². The number of hydrogen-bond acceptors (Lipinski definition) is 3. The fourth-order valence-corrected chi connectivity index (χ4v) is 3.51. The summed E-state index contributed by atoms with van der Waals surface area (Å²) in [5.74, 6) is 0.394. The zero-order valence-corrected chi connectivity index (χ0v) is 11.8. The van der Waals surface area contributed by atoms with Crippen LogP contribution in [0.5, 0.6) is 0 Å². The smallest absolute Gasteiger partial charge is 0.145 e. The van der Waals surface area contributed by atoms with Crippen molar-refractivity contribution in [2.75, 3.05) is 0 Å². The maximum atomic E-state index is 12.4. The Labute approximate surface area is 107 Å². The first-order chi connectivity index (χ1) is 8.01. The van der Waals surface area contributed by atoms with Gasteiger partial charge in [0, 0.05) is 10.3 Å². The van der Waals surface area contributed by atoms with Gasteiger partial charge in [0.25, 0.3) is 0 Å². The number of nitrogens with zero attached hydrogens (tertiary/aromatic N) is 1. The summed E-state index contributed by atoms with van der Waals surface area (Å²) in [6, 6.07) is 0. The van der Waals surface area contributed by atoms with E-state index in [9.17, 15) is 4.79 Å². The van der Waals surface area contributed by atoms with Gasteiger partial charge in [0.2, 0.25) is 0 Å². The van der Waals surface area contributed by atoms with Crippen LogP contribution < -0.4 is 0 Å². The highest BCUT2D eigenvalue weighted by molar-refractivity contribution is 7.11. The summed E-state index contributed by atoms with van der Waals surface area (Å²) in [5, 5.41) is 0.997. The molecule has 0 unspecified atom stereocenters. The van der Waals surface area contributed by atoms with Gasteiger partial charge in [-0.05, 0) is 26.7 Å². The quantitative estimate of drug-likeness (QED) is 0.817. The number of carbonyl (C=O) groups is 1. The minimum absolute atomic E-state index is 0.0776. The number of rotatable bonds is 3. The average molecular weight is 251 g/mol. The molecule has 0 saturated heterocycles. The summed E-state index contributed by atoms with van der Waals surface area (Å²) in [6.45, 7) is 6.23. The number of Topliss-reactive ketones (excluding diaryl/α,β-unsaturated/α-hetero) is 1. The Morgan fingerprint density at radius 1 is 1.29 bits per heavy atom. The number of aromatic nitrogens is 1. The molecular weight excluding hydrogens is 230 g/mol. The van der Waals surface area contributed by atoms with Crippen LogP contribution in [0.25, 0.3) is 0 Å². The summed E-state index contributed by atoms with van der Waals surface area (Å²) in [6.07, 6.45) is 6.37. The standard InChI is InChI=1S/C14H21NOS/c1-10-11(2)17-13(15-10)9-12(16)14(3)7-5-4-6-8-14/h4-9H2,1-3H3. The normalized spacial score (nSPS) is 19.2. The van der Waals surface area contributed by atoms with E-state index >= 15 is 0 Å². The number of hydrogen-bond donors (Lipinski definition) is 0. The predicted octanol–water partition coefficient (Wildman–Crippen LogP) is 3.84. The van der Waals surface area contributed by atoms with Crippen molar-refractivity contribution in [2.45, 2.75) is 59.3 Å². The van der Waals surface area contributed by atoms with Gasteiger partial charge in [0.05, 0.1) is 12.1 Å². The summed E-state index contributed by atoms with van der Waals surface area (Å²) >= 11 is 1.67. The highest BCUT2D eigenvalue weighted by atomic mass is 32.1. The van der Waals surface area contributed by atoms with E-state index in [0.29, 0.717) is 12.2 Å². The van der Waals surface area contributed by atoms with Crippen molar-refractivity contribution in [3.8, 4) is 0 Å². The van der Waals surface area contributed by atoms with Crippen molar-refractivity contribution in [3.63, 3.8) is 0 Å². The van der Waals surface area contributed by atoms with Gasteiger partial charge >= 0.3 is 0 Å². The zero-order chi connectivity index (χ0) is 12.5. The van der Waals surface area contributed by atoms with E-state index in [-0.39, 0.29) is 5.41 Å². The minimum Gasteiger partial charge on any atom is -0.299 e. The van der Waals surface area contributed by atoms with Crippen molar-refractivity contribution in [3.05, 3.63) is 15.6 Å². The molecule has 94 valence electrons. The largest absolute Gasteiger partial charge is 0.299 e. The Kier molecular flexibility index (Phi) is 3.67. The Balaban J connectivity index is 2.05. The van der Waals surface area contributed by atoms with Crippen molar-refractivity contribution < 1.29 is 4.79 Å². The molecule has 0 atom stereocenters. The fourth-order valence-electron chi connectivity index (χ4n) is 2.58. The molecule has 1 aromatic rings. The van der Waals surface area contributed by atoms with Crippen molar-refractivity contribution >= 4 is 17.1 Å². The van der Waals surface area contributed by atoms with Gasteiger partial charge in [-0.3, -0.25) is 4.79 Å². The molecule has 3 heteroatoms. The van der Waals surface area contributed by atoms with E-state index in [1.807, 2.05) is 6.92 Å². The van der Waals surface area contributed by atoms with Crippen LogP contribution in [-0.4, -0.2) is 10.8 Å². The summed E-state index contributed by atoms with van der Waals surface area (Å²) in [4.78, 5) is 18.1. The molecule has 1 aliphatic rings. The van der Waals surface area contributed by atoms with Gasteiger partial charge in [0.1, 0.15) is 10.8 Å². The third-order valence-corrected chi connectivity index (χ3v) is 5.09. The van der Waals surface area contributed by atoms with E-state index in [1.54, 1.807) is 11.3 Å². The van der Waals surface area contributed by atoms with E-state index in [1.165, 1.54) is 24.1 Å². The molecule has 0 aliphatic heterocycles. The Morgan fingerprint density at radius 2 is 1.94 bits per heavy atom. The lowest BCUT2D eigenvalue weighted by molar-refractivity contribution is -0.128. The third-order valence-electron chi connectivity index (χ3n) is 4.01. The molecule has 2 nitrogen and oxygen atoms in total. The lowest BCUT2D eigenvalue weighted by atomic mass is 9.72. The van der Waals surface area contributed by atoms with Crippen LogP contribution in [0.15, 0.2) is 0 Å². The van der Waals surface area contributed by atoms with Crippen LogP contribution >= 0.6 is 11.3 Å². The monoisotopic (exact) mass is 251 g/mol. The van der Waals surface area contributed by atoms with Crippen molar-refractivity contribution in [2.24, 2.45) is 5.41 Å². The van der Waals surface area contributed by atoms with Crippen molar-refractivity contribution in [1.29, 1.82) is 0 Å². The molecule has 1 aromatic heterocycles. The van der Waals surface area contributed by atoms with E-state index in [0.717, 1.165) is 23.5 Å². The zero-order valence-electron chi connectivity index (χ0n) is 11.0. The Bertz CT molecular complexity index is 396. The second-order valence-corrected chi connectivity index (χ2v) is 6.76. The van der Waals surface area contributed by atoms with Gasteiger partial charge in [-0.2, -0.15) is 0 Å². The topological polar surface area (TPSA) is 30.0 Å². The second-order valence-electron chi connectivity index (χ2n) is 5.47. The lowest BCUT2D eigenvalue weighted by Gasteiger charge is -2.31. The summed E-state index contributed by atoms with van der Waals surface area (Å²) < 4.78 is 0. The summed E-state index contributed by atoms with van der Waals surface area (Å²) in [5.41, 5.74) is 0.998. The molecule has 1 saturated carbocycles. The highest BCUT2D eigenvalue weighted by Gasteiger charge is 2.34. The first kappa shape index (κ1) is 12.7. The first-order valence-electron chi connectivity index (χ1n) is 6.47. The third kappa shape index (κ3) is 2.76. The van der Waals surface area contributed by atoms with Crippen LogP contribution in [0.2, 0.25) is 0 Å². The van der Waals surface area contributed by atoms with Gasteiger partial charge in [-0.25, -0.2) is 4.98 Å². The molecular formula is C14H21NOS. The van der Waals surface area contributed by atoms with Crippen LogP contribution in [0.4, 0.5) is 0 Å². The lowest BCUT2D eigenvalue weighted by Crippen LogP contribution is -2.31. The minimum atomic E-state index is -0.0776. The van der Waals surface area contributed by atoms with E-state index in [2.05, 4.69) is 18.8 Å². The molecule has 1 aliphatic carbocycles. The number of ketones is 1. The molecule has 1 fully saturated rings. The molecule has 0 N–H and O–H groups in total. The second kappa shape index (κ2) is 4.89. The maximum absolute atomic E-state index is 12.4. The molecule has 0 spiro atoms. The average Bonchev–Trinajstić information content (AvgIpc) is 2.59. The fraction of sp³-hybridized carbons (Fsp3) is 0.714. The first-order valence-corrected chi connectivity index (χ1v) is 7.29. The maximum Gasteiger partial charge on any atom is 0.145 e. The Morgan fingerprint density at radius 3 is 2.47 bits per heavy atom. The molecule has 0 radical (unpaired) electrons. The number of thiazole rings is 1. The van der Waals surface area contributed by atoms with Crippen LogP contribution in [-0.2, 0) is 11.2 Å². The number of carbonyl (C=O) groups excluding carboxylic acids is 1.